The number of aryl methyl sites for hydroxylation is 2. The number of methoxy groups -OCH3 is 2. The lowest BCUT2D eigenvalue weighted by atomic mass is 9.94. The van der Waals surface area contributed by atoms with Gasteiger partial charge in [0.25, 0.3) is 5.56 Å². The zero-order chi connectivity index (χ0) is 65.5. The van der Waals surface area contributed by atoms with Crippen molar-refractivity contribution < 1.29 is 19.1 Å². The van der Waals surface area contributed by atoms with Crippen LogP contribution in [-0.4, -0.2) is 131 Å². The maximum absolute atomic E-state index is 13.5. The van der Waals surface area contributed by atoms with E-state index in [1.54, 1.807) is 37.1 Å². The van der Waals surface area contributed by atoms with Gasteiger partial charge in [-0.05, 0) is 159 Å². The number of benzene rings is 6. The number of ether oxygens (including phenoxy) is 2. The van der Waals surface area contributed by atoms with Gasteiger partial charge in [0, 0.05) is 139 Å². The monoisotopic (exact) mass is 1320 g/mol. The molecule has 0 spiro atoms. The van der Waals surface area contributed by atoms with Crippen molar-refractivity contribution >= 4 is 71.4 Å². The van der Waals surface area contributed by atoms with Crippen LogP contribution in [0.15, 0.2) is 184 Å². The van der Waals surface area contributed by atoms with Crippen LogP contribution in [0.1, 0.15) is 99.8 Å². The van der Waals surface area contributed by atoms with E-state index in [1.165, 1.54) is 16.6 Å². The molecule has 0 unspecified atom stereocenters. The van der Waals surface area contributed by atoms with Crippen molar-refractivity contribution in [3.63, 3.8) is 0 Å². The first-order chi connectivity index (χ1) is 45.3. The number of hydrogen-bond acceptors (Lipinski definition) is 10. The van der Waals surface area contributed by atoms with Gasteiger partial charge in [-0.15, -0.1) is 0 Å². The number of imidazole rings is 2. The third-order valence-electron chi connectivity index (χ3n) is 17.5. The minimum Gasteiger partial charge on any atom is -0.385 e. The maximum Gasteiger partial charge on any atom is 0.255 e. The summed E-state index contributed by atoms with van der Waals surface area (Å²) in [5.41, 5.74) is 7.58. The molecule has 0 saturated carbocycles. The van der Waals surface area contributed by atoms with E-state index in [2.05, 4.69) is 137 Å². The Balaban J connectivity index is 0.000000178. The number of halogens is 1. The van der Waals surface area contributed by atoms with E-state index in [-0.39, 0.29) is 40.7 Å². The van der Waals surface area contributed by atoms with Crippen LogP contribution in [0, 0.1) is 11.8 Å². The summed E-state index contributed by atoms with van der Waals surface area (Å²) >= 11 is 3.49. The second-order valence-corrected chi connectivity index (χ2v) is 25.8. The zero-order valence-corrected chi connectivity index (χ0v) is 56.7. The number of aromatic nitrogens is 6. The van der Waals surface area contributed by atoms with Gasteiger partial charge in [0.1, 0.15) is 11.6 Å². The number of likely N-dealkylation sites (N-methyl/N-ethyl adjacent to an activating group) is 2. The first kappa shape index (κ1) is 69.3. The largest absolute Gasteiger partial charge is 0.385 e. The smallest absolute Gasteiger partial charge is 0.255 e. The summed E-state index contributed by atoms with van der Waals surface area (Å²) in [6.45, 7) is 12.8. The number of amides is 2. The van der Waals surface area contributed by atoms with Crippen LogP contribution in [0.3, 0.4) is 0 Å². The molecule has 17 heteroatoms. The fraction of sp³-hybridized carbons (Fsp3) is 0.395. The second kappa shape index (κ2) is 35.3. The minimum absolute atomic E-state index is 0.0456. The molecule has 0 aliphatic carbocycles. The van der Waals surface area contributed by atoms with Crippen molar-refractivity contribution in [2.24, 2.45) is 11.8 Å². The van der Waals surface area contributed by atoms with Gasteiger partial charge in [-0.2, -0.15) is 0 Å². The highest BCUT2D eigenvalue weighted by Crippen LogP contribution is 2.33. The van der Waals surface area contributed by atoms with Crippen LogP contribution >= 0.6 is 15.9 Å². The van der Waals surface area contributed by atoms with E-state index in [0.29, 0.717) is 31.9 Å². The van der Waals surface area contributed by atoms with E-state index < -0.39 is 0 Å². The molecule has 0 radical (unpaired) electrons. The molecule has 6 heterocycles. The maximum atomic E-state index is 13.5. The highest BCUT2D eigenvalue weighted by Gasteiger charge is 2.31. The van der Waals surface area contributed by atoms with Gasteiger partial charge in [-0.3, -0.25) is 23.7 Å². The number of para-hydroxylation sites is 4. The summed E-state index contributed by atoms with van der Waals surface area (Å²) in [4.78, 5) is 67.0. The predicted octanol–water partition coefficient (Wildman–Crippen LogP) is 13.1. The Morgan fingerprint density at radius 1 is 0.591 bits per heavy atom. The molecule has 0 bridgehead atoms. The van der Waals surface area contributed by atoms with Crippen molar-refractivity contribution in [2.75, 3.05) is 80.8 Å². The van der Waals surface area contributed by atoms with Gasteiger partial charge in [0.05, 0.1) is 22.1 Å². The molecule has 2 amide bonds. The molecule has 4 aromatic heterocycles. The molecule has 2 aliphatic heterocycles. The van der Waals surface area contributed by atoms with Gasteiger partial charge in [-0.25, -0.2) is 9.97 Å². The van der Waals surface area contributed by atoms with E-state index in [4.69, 9.17) is 19.4 Å². The summed E-state index contributed by atoms with van der Waals surface area (Å²) in [6.07, 6.45) is 12.5. The standard InChI is InChI=1S/C36H40N4O3.C27H34BrN3O2.C9H7NO.C4H12N2/c1-26(21-27-14-16-31(17-15-27)40-25-29-10-4-3-9-28(29)23-35(40)42)22-34(41)38-18-7-11-30(24-38)36-37-32-12-5-6-13-33(32)39(36)19-8-20-43-2;1-20(17-21-10-12-23(28)13-11-21)18-26(32)30-14-5-7-22(19-30)27-29-24-8-3-4-9-25(24)31(27)15-6-16-33-2;11-9-5-7-3-1-2-4-8(7)6-10-9;1-5-3-4-6-2/h3-6,9-10,12-17,23,25-26,30H,7-8,11,18-22,24H2,1-2H3;3-4,8-13,20,22H,5-7,14-19H2,1-2H3;1-6H,(H,10,11);5-6H,3-4H2,1-2H3/t26-,30-;20-,22-;;/m11../s1. The molecule has 10 aromatic rings. The molecule has 490 valence electrons. The Kier molecular flexibility index (Phi) is 26.3. The quantitative estimate of drug-likeness (QED) is 0.0554. The van der Waals surface area contributed by atoms with Gasteiger partial charge in [-0.1, -0.05) is 127 Å². The third kappa shape index (κ3) is 19.5. The Morgan fingerprint density at radius 3 is 1.54 bits per heavy atom. The Hall–Kier alpha value is -8.06. The summed E-state index contributed by atoms with van der Waals surface area (Å²) < 4.78 is 18.1. The molecular weight excluding hydrogens is 1230 g/mol. The van der Waals surface area contributed by atoms with Crippen molar-refractivity contribution in [3.8, 4) is 5.69 Å². The minimum atomic E-state index is -0.0521. The second-order valence-electron chi connectivity index (χ2n) is 24.8. The highest BCUT2D eigenvalue weighted by molar-refractivity contribution is 9.10. The molecule has 93 heavy (non-hydrogen) atoms. The van der Waals surface area contributed by atoms with Crippen molar-refractivity contribution in [3.05, 3.63) is 218 Å². The lowest BCUT2D eigenvalue weighted by Gasteiger charge is -2.33. The molecule has 6 aromatic carbocycles. The van der Waals surface area contributed by atoms with Crippen LogP contribution in [0.5, 0.6) is 0 Å². The Bertz CT molecular complexity index is 4100. The zero-order valence-electron chi connectivity index (χ0n) is 55.1. The van der Waals surface area contributed by atoms with Gasteiger partial charge in [0.2, 0.25) is 17.4 Å². The molecular formula is C76H93BrN10O6. The Morgan fingerprint density at radius 2 is 1.04 bits per heavy atom. The molecule has 2 fully saturated rings. The number of pyridine rings is 2. The van der Waals surface area contributed by atoms with Gasteiger partial charge in [0.15, 0.2) is 0 Å². The molecule has 4 atom stereocenters. The molecule has 2 saturated heterocycles. The summed E-state index contributed by atoms with van der Waals surface area (Å²) in [5.74, 6) is 3.73. The number of carbonyl (C=O) groups is 2. The van der Waals surface area contributed by atoms with Gasteiger partial charge < -0.3 is 44.0 Å². The number of likely N-dealkylation sites (tertiary alicyclic amines) is 2. The normalized spacial score (nSPS) is 15.4. The van der Waals surface area contributed by atoms with E-state index >= 15 is 0 Å². The molecule has 2 aliphatic rings. The summed E-state index contributed by atoms with van der Waals surface area (Å²) in [6, 6.07) is 52.1. The number of nitrogens with zero attached hydrogens (tertiary/aromatic N) is 7. The van der Waals surface area contributed by atoms with Crippen LogP contribution in [-0.2, 0) is 45.0 Å². The number of fused-ring (bicyclic) bond motifs is 4. The fourth-order valence-electron chi connectivity index (χ4n) is 12.8. The predicted molar refractivity (Wildman–Crippen MR) is 381 cm³/mol. The Labute approximate surface area is 555 Å². The number of aromatic amines is 1. The number of hydrogen-bond donors (Lipinski definition) is 3. The average Bonchev–Trinajstić information content (AvgIpc) is 1.70. The van der Waals surface area contributed by atoms with Crippen LogP contribution in [0.4, 0.5) is 0 Å². The van der Waals surface area contributed by atoms with Crippen LogP contribution in [0.2, 0.25) is 0 Å². The number of piperidine rings is 2. The lowest BCUT2D eigenvalue weighted by molar-refractivity contribution is -0.134. The number of nitrogens with one attached hydrogen (secondary N) is 3. The third-order valence-corrected chi connectivity index (χ3v) is 18.0. The van der Waals surface area contributed by atoms with Crippen molar-refractivity contribution in [2.45, 2.75) is 103 Å². The van der Waals surface area contributed by atoms with E-state index in [1.807, 2.05) is 93.1 Å². The lowest BCUT2D eigenvalue weighted by Crippen LogP contribution is -2.40. The fourth-order valence-corrected chi connectivity index (χ4v) is 13.0. The highest BCUT2D eigenvalue weighted by atomic mass is 79.9. The molecule has 3 N–H and O–H groups in total. The van der Waals surface area contributed by atoms with Gasteiger partial charge >= 0.3 is 0 Å². The first-order valence-corrected chi connectivity index (χ1v) is 33.9. The number of H-pyrrole nitrogens is 1. The van der Waals surface area contributed by atoms with Crippen LogP contribution in [0.25, 0.3) is 49.3 Å². The van der Waals surface area contributed by atoms with Crippen LogP contribution < -0.4 is 21.8 Å². The SMILES string of the molecule is CNCCNC.COCCCn1c([C@@H]2CCCN(C(=O)C[C@H](C)Cc3ccc(-n4cc5ccccc5cc4=O)cc3)C2)nc2ccccc21.COCCCn1c([C@@H]2CCCN(C(=O)C[C@H](C)Cc3ccc(Br)cc3)C2)nc2ccccc21.O=c1cc2ccccc2c[nH]1. The summed E-state index contributed by atoms with van der Waals surface area (Å²) in [5, 5.41) is 10.0. The first-order valence-electron chi connectivity index (χ1n) is 33.1. The number of rotatable bonds is 22. The van der Waals surface area contributed by atoms with Crippen molar-refractivity contribution in [1.82, 2.24) is 49.1 Å². The van der Waals surface area contributed by atoms with Crippen molar-refractivity contribution in [1.29, 1.82) is 0 Å². The number of carbonyl (C=O) groups excluding carboxylic acids is 2. The molecule has 16 nitrogen and oxygen atoms in total. The topological polar surface area (TPSA) is 174 Å². The average molecular weight is 1320 g/mol. The van der Waals surface area contributed by atoms with E-state index in [0.717, 1.165) is 164 Å². The van der Waals surface area contributed by atoms with E-state index in [9.17, 15) is 19.2 Å². The summed E-state index contributed by atoms with van der Waals surface area (Å²) in [7, 11) is 7.37. The molecule has 12 rings (SSSR count).